The topological polar surface area (TPSA) is 51.1 Å². The summed E-state index contributed by atoms with van der Waals surface area (Å²) in [5.74, 6) is 0. The average Bonchev–Trinajstić information content (AvgIpc) is 2.61. The van der Waals surface area contributed by atoms with Crippen LogP contribution in [0.3, 0.4) is 0 Å². The van der Waals surface area contributed by atoms with Crippen LogP contribution < -0.4 is 10.6 Å². The van der Waals surface area contributed by atoms with Crippen LogP contribution in [0, 0.1) is 11.3 Å². The second-order valence-corrected chi connectivity index (χ2v) is 6.77. The lowest BCUT2D eigenvalue weighted by molar-refractivity contribution is 0.143. The van der Waals surface area contributed by atoms with Gasteiger partial charge in [-0.15, -0.1) is 0 Å². The van der Waals surface area contributed by atoms with Crippen LogP contribution in [0.4, 0.5) is 5.69 Å². The summed E-state index contributed by atoms with van der Waals surface area (Å²) in [7, 11) is 0. The zero-order chi connectivity index (χ0) is 17.2. The molecule has 2 N–H and O–H groups in total. The molecule has 0 saturated carbocycles. The van der Waals surface area contributed by atoms with Crippen LogP contribution >= 0.6 is 12.2 Å². The Hall–Kier alpha value is -1.64. The van der Waals surface area contributed by atoms with Gasteiger partial charge in [0.15, 0.2) is 5.11 Å². The Kier molecular flexibility index (Phi) is 8.00. The van der Waals surface area contributed by atoms with E-state index in [0.717, 1.165) is 36.8 Å². The summed E-state index contributed by atoms with van der Waals surface area (Å²) in [6.07, 6.45) is 6.89. The lowest BCUT2D eigenvalue weighted by atomic mass is 10.00. The molecule has 0 spiro atoms. The highest BCUT2D eigenvalue weighted by Gasteiger charge is 2.19. The summed E-state index contributed by atoms with van der Waals surface area (Å²) < 4.78 is 0. The second-order valence-electron chi connectivity index (χ2n) is 6.36. The van der Waals surface area contributed by atoms with Crippen LogP contribution in [-0.4, -0.2) is 35.7 Å². The lowest BCUT2D eigenvalue weighted by Gasteiger charge is -2.35. The van der Waals surface area contributed by atoms with Crippen LogP contribution in [0.1, 0.15) is 44.6 Å². The van der Waals surface area contributed by atoms with E-state index in [-0.39, 0.29) is 0 Å². The van der Waals surface area contributed by atoms with Crippen molar-refractivity contribution in [2.45, 2.75) is 51.5 Å². The van der Waals surface area contributed by atoms with Gasteiger partial charge in [-0.2, -0.15) is 5.26 Å². The van der Waals surface area contributed by atoms with E-state index in [4.69, 9.17) is 17.5 Å². The average molecular weight is 345 g/mol. The minimum Gasteiger partial charge on any atom is -0.362 e. The molecule has 0 radical (unpaired) electrons. The monoisotopic (exact) mass is 344 g/mol. The molecule has 1 heterocycles. The molecule has 24 heavy (non-hydrogen) atoms. The molecule has 1 saturated heterocycles. The molecule has 1 aromatic rings. The number of piperidine rings is 1. The van der Waals surface area contributed by atoms with Crippen molar-refractivity contribution >= 4 is 23.0 Å². The summed E-state index contributed by atoms with van der Waals surface area (Å²) >= 11 is 5.35. The Morgan fingerprint density at radius 2 is 2.12 bits per heavy atom. The highest BCUT2D eigenvalue weighted by molar-refractivity contribution is 7.80. The maximum absolute atomic E-state index is 8.68. The first-order valence-corrected chi connectivity index (χ1v) is 9.38. The van der Waals surface area contributed by atoms with Gasteiger partial charge in [0.05, 0.1) is 12.5 Å². The van der Waals surface area contributed by atoms with E-state index in [9.17, 15) is 0 Å². The number of nitrogens with zero attached hydrogens (tertiary/aromatic N) is 2. The number of rotatable bonds is 7. The minimum absolute atomic E-state index is 0.443. The number of hydrogen-bond donors (Lipinski definition) is 2. The van der Waals surface area contributed by atoms with Crippen molar-refractivity contribution in [3.8, 4) is 6.07 Å². The zero-order valence-electron chi connectivity index (χ0n) is 14.6. The largest absolute Gasteiger partial charge is 0.362 e. The third-order valence-corrected chi connectivity index (χ3v) is 4.87. The number of nitriles is 1. The molecule has 130 valence electrons. The van der Waals surface area contributed by atoms with Crippen molar-refractivity contribution < 1.29 is 0 Å². The first-order chi connectivity index (χ1) is 11.7. The van der Waals surface area contributed by atoms with Crippen LogP contribution in [0.2, 0.25) is 0 Å². The van der Waals surface area contributed by atoms with Gasteiger partial charge in [0.25, 0.3) is 0 Å². The molecule has 0 amide bonds. The summed E-state index contributed by atoms with van der Waals surface area (Å²) in [6, 6.07) is 10.7. The first kappa shape index (κ1) is 18.7. The smallest absolute Gasteiger partial charge is 0.170 e. The maximum atomic E-state index is 8.68. The fraction of sp³-hybridized carbons (Fsp3) is 0.579. The number of benzene rings is 1. The van der Waals surface area contributed by atoms with Crippen LogP contribution in [-0.2, 0) is 6.42 Å². The van der Waals surface area contributed by atoms with E-state index in [1.165, 1.54) is 32.2 Å². The van der Waals surface area contributed by atoms with Gasteiger partial charge < -0.3 is 15.5 Å². The highest BCUT2D eigenvalue weighted by atomic mass is 32.1. The van der Waals surface area contributed by atoms with E-state index < -0.39 is 0 Å². The quantitative estimate of drug-likeness (QED) is 0.583. The van der Waals surface area contributed by atoms with Gasteiger partial charge in [-0.3, -0.25) is 0 Å². The predicted molar refractivity (Wildman–Crippen MR) is 104 cm³/mol. The maximum Gasteiger partial charge on any atom is 0.170 e. The molecular weight excluding hydrogens is 316 g/mol. The van der Waals surface area contributed by atoms with Crippen molar-refractivity contribution in [1.29, 1.82) is 5.26 Å². The van der Waals surface area contributed by atoms with E-state index in [1.54, 1.807) is 0 Å². The Morgan fingerprint density at radius 1 is 1.33 bits per heavy atom. The lowest BCUT2D eigenvalue weighted by Crippen LogP contribution is -2.40. The standard InChI is InChI=1S/C19H28N4S/c1-2-18-6-3-4-14-23(18)15-5-13-21-19(24)22-17-9-7-16(8-10-17)11-12-20/h7-10,18H,2-6,11,13-15H2,1H3,(H2,21,22,24)/t18-/m0/s1. The van der Waals surface area contributed by atoms with Gasteiger partial charge >= 0.3 is 0 Å². The number of nitrogens with one attached hydrogen (secondary N) is 2. The Labute approximate surface area is 151 Å². The van der Waals surface area contributed by atoms with E-state index in [1.807, 2.05) is 24.3 Å². The molecule has 1 aliphatic rings. The molecule has 0 unspecified atom stereocenters. The van der Waals surface area contributed by atoms with Gasteiger partial charge in [0.1, 0.15) is 0 Å². The van der Waals surface area contributed by atoms with Crippen molar-refractivity contribution in [1.82, 2.24) is 10.2 Å². The Bertz CT molecular complexity index is 549. The molecule has 1 aliphatic heterocycles. The number of anilines is 1. The van der Waals surface area contributed by atoms with Gasteiger partial charge in [-0.25, -0.2) is 0 Å². The second kappa shape index (κ2) is 10.3. The molecule has 0 aromatic heterocycles. The SMILES string of the molecule is CC[C@H]1CCCCN1CCCNC(=S)Nc1ccc(CC#N)cc1. The highest BCUT2D eigenvalue weighted by Crippen LogP contribution is 2.19. The Balaban J connectivity index is 1.65. The third-order valence-electron chi connectivity index (χ3n) is 4.62. The van der Waals surface area contributed by atoms with E-state index >= 15 is 0 Å². The molecule has 4 nitrogen and oxygen atoms in total. The van der Waals surface area contributed by atoms with Gasteiger partial charge in [0.2, 0.25) is 0 Å². The van der Waals surface area contributed by atoms with Crippen LogP contribution in [0.25, 0.3) is 0 Å². The van der Waals surface area contributed by atoms with Crippen molar-refractivity contribution in [3.05, 3.63) is 29.8 Å². The summed E-state index contributed by atoms with van der Waals surface area (Å²) in [5, 5.41) is 15.8. The van der Waals surface area contributed by atoms with Gasteiger partial charge in [0, 0.05) is 24.8 Å². The van der Waals surface area contributed by atoms with Crippen molar-refractivity contribution in [2.24, 2.45) is 0 Å². The number of hydrogen-bond acceptors (Lipinski definition) is 3. The van der Waals surface area contributed by atoms with Crippen LogP contribution in [0.15, 0.2) is 24.3 Å². The molecule has 2 rings (SSSR count). The predicted octanol–water partition coefficient (Wildman–Crippen LogP) is 3.69. The Morgan fingerprint density at radius 3 is 2.83 bits per heavy atom. The van der Waals surface area contributed by atoms with Gasteiger partial charge in [-0.05, 0) is 62.1 Å². The van der Waals surface area contributed by atoms with Crippen LogP contribution in [0.5, 0.6) is 0 Å². The fourth-order valence-corrected chi connectivity index (χ4v) is 3.49. The fourth-order valence-electron chi connectivity index (χ4n) is 3.27. The molecule has 0 aliphatic carbocycles. The minimum atomic E-state index is 0.443. The van der Waals surface area contributed by atoms with E-state index in [2.05, 4.69) is 28.5 Å². The van der Waals surface area contributed by atoms with E-state index in [0.29, 0.717) is 11.5 Å². The number of thiocarbonyl (C=S) groups is 1. The summed E-state index contributed by atoms with van der Waals surface area (Å²) in [5.41, 5.74) is 1.98. The number of likely N-dealkylation sites (tertiary alicyclic amines) is 1. The summed E-state index contributed by atoms with van der Waals surface area (Å²) in [6.45, 7) is 5.58. The molecule has 0 bridgehead atoms. The van der Waals surface area contributed by atoms with Crippen molar-refractivity contribution in [2.75, 3.05) is 25.0 Å². The molecule has 1 aromatic carbocycles. The van der Waals surface area contributed by atoms with Gasteiger partial charge in [-0.1, -0.05) is 25.5 Å². The summed E-state index contributed by atoms with van der Waals surface area (Å²) in [4.78, 5) is 2.63. The zero-order valence-corrected chi connectivity index (χ0v) is 15.4. The first-order valence-electron chi connectivity index (χ1n) is 8.97. The molecule has 1 atom stereocenters. The molecule has 5 heteroatoms. The molecule has 1 fully saturated rings. The third kappa shape index (κ3) is 6.10. The normalized spacial score (nSPS) is 17.9. The molecular formula is C19H28N4S. The van der Waals surface area contributed by atoms with Crippen molar-refractivity contribution in [3.63, 3.8) is 0 Å².